The number of hydrogen-bond acceptors (Lipinski definition) is 1. The van der Waals surface area contributed by atoms with E-state index < -0.39 is 0 Å². The SMILES string of the molecule is CCCCC1(CCCC)c2ccccc2-c2ccc(N(c3ccc(-c4ccccc4)cc3)c3ccc4c(c3)C(C)(C)c3ccccc3-4)cc21. The Balaban J connectivity index is 1.31. The first-order valence-corrected chi connectivity index (χ1v) is 18.4. The van der Waals surface area contributed by atoms with Gasteiger partial charge in [0.05, 0.1) is 0 Å². The molecule has 2 aliphatic rings. The van der Waals surface area contributed by atoms with Crippen LogP contribution >= 0.6 is 0 Å². The summed E-state index contributed by atoms with van der Waals surface area (Å²) >= 11 is 0. The van der Waals surface area contributed by atoms with Crippen LogP contribution in [0.4, 0.5) is 17.1 Å². The van der Waals surface area contributed by atoms with E-state index in [-0.39, 0.29) is 10.8 Å². The summed E-state index contributed by atoms with van der Waals surface area (Å²) in [6.07, 6.45) is 7.25. The van der Waals surface area contributed by atoms with Crippen LogP contribution in [0.25, 0.3) is 33.4 Å². The molecule has 8 rings (SSSR count). The van der Waals surface area contributed by atoms with Crippen LogP contribution in [0.15, 0.2) is 140 Å². The minimum absolute atomic E-state index is 0.0400. The third-order valence-electron chi connectivity index (χ3n) is 11.5. The fraction of sp³-hybridized carbons (Fsp3) is 0.250. The highest BCUT2D eigenvalue weighted by Gasteiger charge is 2.42. The molecule has 0 spiro atoms. The number of benzene rings is 6. The number of unbranched alkanes of at least 4 members (excludes halogenated alkanes) is 2. The summed E-state index contributed by atoms with van der Waals surface area (Å²) in [6.45, 7) is 9.42. The Morgan fingerprint density at radius 1 is 0.429 bits per heavy atom. The topological polar surface area (TPSA) is 3.24 Å². The summed E-state index contributed by atoms with van der Waals surface area (Å²) in [7, 11) is 0. The van der Waals surface area contributed by atoms with Crippen molar-refractivity contribution in [3.05, 3.63) is 162 Å². The lowest BCUT2D eigenvalue weighted by molar-refractivity contribution is 0.414. The summed E-state index contributed by atoms with van der Waals surface area (Å²) in [5.74, 6) is 0. The number of nitrogens with zero attached hydrogens (tertiary/aromatic N) is 1. The van der Waals surface area contributed by atoms with Crippen LogP contribution < -0.4 is 4.90 Å². The van der Waals surface area contributed by atoms with Crippen molar-refractivity contribution in [2.24, 2.45) is 0 Å². The molecule has 0 amide bonds. The average Bonchev–Trinajstić information content (AvgIpc) is 3.55. The third kappa shape index (κ3) is 5.14. The zero-order valence-corrected chi connectivity index (χ0v) is 29.5. The van der Waals surface area contributed by atoms with Gasteiger partial charge in [-0.2, -0.15) is 0 Å². The Morgan fingerprint density at radius 2 is 0.898 bits per heavy atom. The molecule has 0 saturated heterocycles. The monoisotopic (exact) mass is 637 g/mol. The lowest BCUT2D eigenvalue weighted by Gasteiger charge is -2.34. The molecule has 0 bridgehead atoms. The van der Waals surface area contributed by atoms with Crippen LogP contribution in [0.2, 0.25) is 0 Å². The van der Waals surface area contributed by atoms with Gasteiger partial charge in [-0.25, -0.2) is 0 Å². The lowest BCUT2D eigenvalue weighted by Crippen LogP contribution is -2.25. The van der Waals surface area contributed by atoms with Crippen molar-refractivity contribution in [3.8, 4) is 33.4 Å². The molecule has 0 unspecified atom stereocenters. The predicted molar refractivity (Wildman–Crippen MR) is 209 cm³/mol. The standard InChI is InChI=1S/C48H47N/c1-5-7-30-48(31-8-6-2)44-21-15-13-19-40(44)42-29-27-38(33-46(42)48)49(36-24-22-35(23-25-36)34-16-10-9-11-17-34)37-26-28-41-39-18-12-14-20-43(39)47(3,4)45(41)32-37/h9-29,32-33H,5-8,30-31H2,1-4H3. The van der Waals surface area contributed by atoms with Crippen LogP contribution in [0.3, 0.4) is 0 Å². The largest absolute Gasteiger partial charge is 0.310 e. The second-order valence-electron chi connectivity index (χ2n) is 14.7. The molecule has 1 heteroatoms. The molecule has 6 aromatic carbocycles. The van der Waals surface area contributed by atoms with Crippen molar-refractivity contribution in [2.45, 2.75) is 77.0 Å². The van der Waals surface area contributed by atoms with Gasteiger partial charge in [-0.1, -0.05) is 157 Å². The Bertz CT molecular complexity index is 2110. The third-order valence-corrected chi connectivity index (χ3v) is 11.5. The second kappa shape index (κ2) is 12.5. The lowest BCUT2D eigenvalue weighted by atomic mass is 9.71. The van der Waals surface area contributed by atoms with Crippen LogP contribution in [0, 0.1) is 0 Å². The maximum absolute atomic E-state index is 2.55. The van der Waals surface area contributed by atoms with Gasteiger partial charge in [0.1, 0.15) is 0 Å². The van der Waals surface area contributed by atoms with E-state index in [9.17, 15) is 0 Å². The molecular weight excluding hydrogens is 591 g/mol. The Labute approximate surface area is 293 Å². The molecule has 0 aromatic heterocycles. The van der Waals surface area contributed by atoms with Gasteiger partial charge in [0.15, 0.2) is 0 Å². The highest BCUT2D eigenvalue weighted by atomic mass is 15.1. The molecular formula is C48H47N. The molecule has 0 atom stereocenters. The van der Waals surface area contributed by atoms with E-state index in [1.165, 1.54) is 111 Å². The molecule has 1 nitrogen and oxygen atoms in total. The first-order valence-electron chi connectivity index (χ1n) is 18.4. The van der Waals surface area contributed by atoms with Crippen molar-refractivity contribution in [3.63, 3.8) is 0 Å². The zero-order valence-electron chi connectivity index (χ0n) is 29.5. The molecule has 49 heavy (non-hydrogen) atoms. The minimum atomic E-state index is -0.0696. The molecule has 2 aliphatic carbocycles. The maximum Gasteiger partial charge on any atom is 0.0465 e. The second-order valence-corrected chi connectivity index (χ2v) is 14.7. The summed E-state index contributed by atoms with van der Waals surface area (Å²) in [5.41, 5.74) is 17.4. The Kier molecular flexibility index (Phi) is 8.03. The van der Waals surface area contributed by atoms with E-state index in [1.54, 1.807) is 0 Å². The van der Waals surface area contributed by atoms with E-state index in [0.717, 1.165) is 0 Å². The van der Waals surface area contributed by atoms with Crippen LogP contribution in [-0.4, -0.2) is 0 Å². The van der Waals surface area contributed by atoms with Crippen molar-refractivity contribution in [2.75, 3.05) is 4.90 Å². The first kappa shape index (κ1) is 31.4. The van der Waals surface area contributed by atoms with Crippen molar-refractivity contribution >= 4 is 17.1 Å². The fourth-order valence-corrected chi connectivity index (χ4v) is 8.92. The zero-order chi connectivity index (χ0) is 33.6. The van der Waals surface area contributed by atoms with E-state index in [1.807, 2.05) is 0 Å². The van der Waals surface area contributed by atoms with Gasteiger partial charge in [-0.05, 0) is 105 Å². The molecule has 0 radical (unpaired) electrons. The minimum Gasteiger partial charge on any atom is -0.310 e. The summed E-state index contributed by atoms with van der Waals surface area (Å²) in [4.78, 5) is 2.50. The smallest absolute Gasteiger partial charge is 0.0465 e. The van der Waals surface area contributed by atoms with Crippen molar-refractivity contribution in [1.29, 1.82) is 0 Å². The molecule has 0 fully saturated rings. The Morgan fingerprint density at radius 3 is 1.53 bits per heavy atom. The van der Waals surface area contributed by atoms with Crippen molar-refractivity contribution < 1.29 is 0 Å². The van der Waals surface area contributed by atoms with Crippen LogP contribution in [0.5, 0.6) is 0 Å². The van der Waals surface area contributed by atoms with E-state index in [0.29, 0.717) is 0 Å². The molecule has 244 valence electrons. The molecule has 0 saturated carbocycles. The van der Waals surface area contributed by atoms with Gasteiger partial charge >= 0.3 is 0 Å². The first-order chi connectivity index (χ1) is 24.0. The normalized spacial score (nSPS) is 14.5. The van der Waals surface area contributed by atoms with Crippen LogP contribution in [-0.2, 0) is 10.8 Å². The van der Waals surface area contributed by atoms with Crippen molar-refractivity contribution in [1.82, 2.24) is 0 Å². The molecule has 0 heterocycles. The quantitative estimate of drug-likeness (QED) is 0.144. The average molecular weight is 638 g/mol. The van der Waals surface area contributed by atoms with Gasteiger partial charge in [-0.15, -0.1) is 0 Å². The highest BCUT2D eigenvalue weighted by molar-refractivity contribution is 5.88. The van der Waals surface area contributed by atoms with Crippen LogP contribution in [0.1, 0.15) is 88.5 Å². The fourth-order valence-electron chi connectivity index (χ4n) is 8.92. The number of hydrogen-bond donors (Lipinski definition) is 0. The summed E-state index contributed by atoms with van der Waals surface area (Å²) in [6, 6.07) is 52.6. The van der Waals surface area contributed by atoms with E-state index >= 15 is 0 Å². The number of anilines is 3. The molecule has 0 aliphatic heterocycles. The number of fused-ring (bicyclic) bond motifs is 6. The van der Waals surface area contributed by atoms with Gasteiger partial charge in [0, 0.05) is 27.9 Å². The highest BCUT2D eigenvalue weighted by Crippen LogP contribution is 2.56. The molecule has 6 aromatic rings. The van der Waals surface area contributed by atoms with E-state index in [2.05, 4.69) is 172 Å². The Hall–Kier alpha value is -4.88. The van der Waals surface area contributed by atoms with Gasteiger partial charge in [0.2, 0.25) is 0 Å². The van der Waals surface area contributed by atoms with Gasteiger partial charge in [-0.3, -0.25) is 0 Å². The number of rotatable bonds is 10. The van der Waals surface area contributed by atoms with Gasteiger partial charge in [0.25, 0.3) is 0 Å². The maximum atomic E-state index is 2.55. The molecule has 0 N–H and O–H groups in total. The summed E-state index contributed by atoms with van der Waals surface area (Å²) in [5, 5.41) is 0. The predicted octanol–water partition coefficient (Wildman–Crippen LogP) is 13.8. The van der Waals surface area contributed by atoms with E-state index in [4.69, 9.17) is 0 Å². The summed E-state index contributed by atoms with van der Waals surface area (Å²) < 4.78 is 0. The van der Waals surface area contributed by atoms with Gasteiger partial charge < -0.3 is 4.90 Å².